The molecule has 0 aliphatic carbocycles. The van der Waals surface area contributed by atoms with E-state index in [0.29, 0.717) is 11.7 Å². The van der Waals surface area contributed by atoms with Crippen LogP contribution < -0.4 is 10.5 Å². The highest BCUT2D eigenvalue weighted by atomic mass is 35.5. The van der Waals surface area contributed by atoms with E-state index in [4.69, 9.17) is 11.6 Å². The first-order valence-corrected chi connectivity index (χ1v) is 9.84. The Morgan fingerprint density at radius 3 is 2.69 bits per heavy atom. The molecule has 0 saturated heterocycles. The van der Waals surface area contributed by atoms with E-state index in [9.17, 15) is 4.79 Å². The molecule has 26 heavy (non-hydrogen) atoms. The second kappa shape index (κ2) is 7.56. The molecule has 1 aromatic heterocycles. The Balaban J connectivity index is 1.51. The molecule has 4 rings (SSSR count). The number of rotatable bonds is 4. The summed E-state index contributed by atoms with van der Waals surface area (Å²) in [4.78, 5) is 22.9. The van der Waals surface area contributed by atoms with Crippen LogP contribution >= 0.6 is 23.4 Å². The maximum absolute atomic E-state index is 12.1. The van der Waals surface area contributed by atoms with Gasteiger partial charge >= 0.3 is 0 Å². The zero-order valence-electron chi connectivity index (χ0n) is 14.1. The lowest BCUT2D eigenvalue weighted by molar-refractivity contribution is 0.703. The Hall–Kier alpha value is -2.24. The highest BCUT2D eigenvalue weighted by molar-refractivity contribution is 7.98. The van der Waals surface area contributed by atoms with Crippen molar-refractivity contribution >= 4 is 29.3 Å². The maximum atomic E-state index is 12.1. The van der Waals surface area contributed by atoms with Crippen LogP contribution in [-0.4, -0.2) is 16.5 Å². The van der Waals surface area contributed by atoms with E-state index in [-0.39, 0.29) is 5.56 Å². The third-order valence-corrected chi connectivity index (χ3v) is 5.71. The van der Waals surface area contributed by atoms with Crippen molar-refractivity contribution in [3.63, 3.8) is 0 Å². The molecule has 2 aromatic carbocycles. The molecule has 1 N–H and O–H groups in total. The van der Waals surface area contributed by atoms with Gasteiger partial charge in [0.2, 0.25) is 5.95 Å². The van der Waals surface area contributed by atoms with Gasteiger partial charge in [0.15, 0.2) is 0 Å². The van der Waals surface area contributed by atoms with E-state index >= 15 is 0 Å². The van der Waals surface area contributed by atoms with Gasteiger partial charge in [-0.2, -0.15) is 0 Å². The first kappa shape index (κ1) is 17.2. The zero-order chi connectivity index (χ0) is 17.9. The summed E-state index contributed by atoms with van der Waals surface area (Å²) in [6, 6.07) is 17.7. The number of fused-ring (bicyclic) bond motifs is 1. The monoisotopic (exact) mass is 383 g/mol. The van der Waals surface area contributed by atoms with Gasteiger partial charge < -0.3 is 4.90 Å². The topological polar surface area (TPSA) is 49.0 Å². The van der Waals surface area contributed by atoms with Gasteiger partial charge in [-0.05, 0) is 41.8 Å². The fourth-order valence-electron chi connectivity index (χ4n) is 3.08. The van der Waals surface area contributed by atoms with E-state index in [2.05, 4.69) is 39.1 Å². The molecule has 1 aliphatic rings. The summed E-state index contributed by atoms with van der Waals surface area (Å²) in [5.41, 5.74) is 3.34. The number of H-pyrrole nitrogens is 1. The first-order valence-electron chi connectivity index (χ1n) is 8.48. The fourth-order valence-corrected chi connectivity index (χ4v) is 4.00. The summed E-state index contributed by atoms with van der Waals surface area (Å²) in [6.45, 7) is 1.63. The third-order valence-electron chi connectivity index (χ3n) is 4.41. The van der Waals surface area contributed by atoms with Crippen LogP contribution in [-0.2, 0) is 18.7 Å². The van der Waals surface area contributed by atoms with Gasteiger partial charge in [0, 0.05) is 34.8 Å². The van der Waals surface area contributed by atoms with E-state index < -0.39 is 0 Å². The van der Waals surface area contributed by atoms with Gasteiger partial charge in [0.05, 0.1) is 5.69 Å². The average Bonchev–Trinajstić information content (AvgIpc) is 2.67. The highest BCUT2D eigenvalue weighted by Crippen LogP contribution is 2.25. The molecule has 0 amide bonds. The molecule has 0 fully saturated rings. The number of hydrogen-bond donors (Lipinski definition) is 1. The number of halogens is 1. The minimum atomic E-state index is -0.111. The molecule has 132 valence electrons. The second-order valence-corrected chi connectivity index (χ2v) is 7.73. The van der Waals surface area contributed by atoms with Gasteiger partial charge in [-0.3, -0.25) is 9.78 Å². The molecule has 4 nitrogen and oxygen atoms in total. The Morgan fingerprint density at radius 1 is 1.12 bits per heavy atom. The van der Waals surface area contributed by atoms with Gasteiger partial charge in [0.25, 0.3) is 5.56 Å². The molecule has 0 radical (unpaired) electrons. The van der Waals surface area contributed by atoms with Crippen molar-refractivity contribution in [2.24, 2.45) is 0 Å². The number of aromatic amines is 1. The Labute approximate surface area is 161 Å². The lowest BCUT2D eigenvalue weighted by Crippen LogP contribution is -2.33. The highest BCUT2D eigenvalue weighted by Gasteiger charge is 2.18. The van der Waals surface area contributed by atoms with Gasteiger partial charge in [0.1, 0.15) is 0 Å². The molecule has 3 aromatic rings. The van der Waals surface area contributed by atoms with Gasteiger partial charge in [-0.1, -0.05) is 35.9 Å². The quantitative estimate of drug-likeness (QED) is 0.683. The number of nitrogens with one attached hydrogen (secondary N) is 1. The normalized spacial score (nSPS) is 13.5. The molecule has 0 spiro atoms. The number of thioether (sulfide) groups is 1. The number of hydrogen-bond acceptors (Lipinski definition) is 4. The van der Waals surface area contributed by atoms with Crippen molar-refractivity contribution in [3.05, 3.63) is 86.8 Å². The Bertz CT molecular complexity index is 971. The van der Waals surface area contributed by atoms with E-state index in [1.165, 1.54) is 11.1 Å². The molecule has 0 bridgehead atoms. The minimum Gasteiger partial charge on any atom is -0.338 e. The van der Waals surface area contributed by atoms with Crippen molar-refractivity contribution in [3.8, 4) is 0 Å². The van der Waals surface area contributed by atoms with Crippen molar-refractivity contribution in [2.75, 3.05) is 11.4 Å². The van der Waals surface area contributed by atoms with Crippen LogP contribution in [0.5, 0.6) is 0 Å². The molecular weight excluding hydrogens is 366 g/mol. The summed E-state index contributed by atoms with van der Waals surface area (Å²) >= 11 is 7.56. The average molecular weight is 384 g/mol. The predicted octanol–water partition coefficient (Wildman–Crippen LogP) is 4.28. The summed E-state index contributed by atoms with van der Waals surface area (Å²) in [6.07, 6.45) is 0.962. The Kier molecular flexibility index (Phi) is 5.00. The van der Waals surface area contributed by atoms with Gasteiger partial charge in [-0.15, -0.1) is 11.8 Å². The van der Waals surface area contributed by atoms with Crippen LogP contribution in [0.25, 0.3) is 0 Å². The Morgan fingerprint density at radius 2 is 1.88 bits per heavy atom. The largest absolute Gasteiger partial charge is 0.338 e. The molecule has 0 unspecified atom stereocenters. The van der Waals surface area contributed by atoms with Crippen LogP contribution in [0.2, 0.25) is 5.02 Å². The standard InChI is InChI=1S/C20H18ClN3OS/c21-16-5-7-18(8-6-16)26-13-17-11-19(25)23-20(22-17)24-10-9-14-3-1-2-4-15(14)12-24/h1-8,11H,9-10,12-13H2,(H,22,23,25). The first-order chi connectivity index (χ1) is 12.7. The molecule has 0 saturated carbocycles. The van der Waals surface area contributed by atoms with Crippen LogP contribution in [0.4, 0.5) is 5.95 Å². The number of nitrogens with zero attached hydrogens (tertiary/aromatic N) is 2. The molecule has 2 heterocycles. The van der Waals surface area contributed by atoms with Crippen LogP contribution in [0.15, 0.2) is 64.3 Å². The predicted molar refractivity (Wildman–Crippen MR) is 107 cm³/mol. The summed E-state index contributed by atoms with van der Waals surface area (Å²) in [7, 11) is 0. The zero-order valence-corrected chi connectivity index (χ0v) is 15.7. The van der Waals surface area contributed by atoms with Crippen LogP contribution in [0, 0.1) is 0 Å². The third kappa shape index (κ3) is 3.94. The molecule has 0 atom stereocenters. The van der Waals surface area contributed by atoms with E-state index in [0.717, 1.165) is 35.1 Å². The van der Waals surface area contributed by atoms with Crippen molar-refractivity contribution in [1.82, 2.24) is 9.97 Å². The van der Waals surface area contributed by atoms with E-state index in [1.54, 1.807) is 17.8 Å². The summed E-state index contributed by atoms with van der Waals surface area (Å²) < 4.78 is 0. The van der Waals surface area contributed by atoms with Crippen LogP contribution in [0.1, 0.15) is 16.8 Å². The molecule has 6 heteroatoms. The SMILES string of the molecule is O=c1cc(CSc2ccc(Cl)cc2)nc(N2CCc3ccccc3C2)[nH]1. The van der Waals surface area contributed by atoms with Crippen LogP contribution in [0.3, 0.4) is 0 Å². The number of anilines is 1. The second-order valence-electron chi connectivity index (χ2n) is 6.24. The van der Waals surface area contributed by atoms with E-state index in [1.807, 2.05) is 24.3 Å². The maximum Gasteiger partial charge on any atom is 0.252 e. The molecular formula is C20H18ClN3OS. The smallest absolute Gasteiger partial charge is 0.252 e. The number of aromatic nitrogens is 2. The fraction of sp³-hybridized carbons (Fsp3) is 0.200. The number of benzene rings is 2. The lowest BCUT2D eigenvalue weighted by atomic mass is 10.0. The summed E-state index contributed by atoms with van der Waals surface area (Å²) in [5.74, 6) is 1.29. The molecule has 1 aliphatic heterocycles. The minimum absolute atomic E-state index is 0.111. The van der Waals surface area contributed by atoms with Crippen molar-refractivity contribution < 1.29 is 0 Å². The van der Waals surface area contributed by atoms with Crippen molar-refractivity contribution in [1.29, 1.82) is 0 Å². The lowest BCUT2D eigenvalue weighted by Gasteiger charge is -2.29. The van der Waals surface area contributed by atoms with Crippen molar-refractivity contribution in [2.45, 2.75) is 23.6 Å². The summed E-state index contributed by atoms with van der Waals surface area (Å²) in [5, 5.41) is 0.719. The van der Waals surface area contributed by atoms with Gasteiger partial charge in [-0.25, -0.2) is 4.98 Å².